The number of nitrogens with zero attached hydrogens (tertiary/aromatic N) is 2. The minimum Gasteiger partial charge on any atom is -0.493 e. The quantitative estimate of drug-likeness (QED) is 0.381. The van der Waals surface area contributed by atoms with Crippen molar-refractivity contribution in [3.8, 4) is 23.6 Å². The van der Waals surface area contributed by atoms with Crippen LogP contribution in [0.2, 0.25) is 0 Å². The fraction of sp³-hybridized carbons (Fsp3) is 0.517. The Labute approximate surface area is 209 Å². The first kappa shape index (κ1) is 26.5. The molecule has 1 heterocycles. The summed E-state index contributed by atoms with van der Waals surface area (Å²) in [6.07, 6.45) is 3.40. The lowest BCUT2D eigenvalue weighted by Crippen LogP contribution is -2.31. The zero-order valence-electron chi connectivity index (χ0n) is 21.8. The lowest BCUT2D eigenvalue weighted by molar-refractivity contribution is 0.168. The molecule has 0 aromatic heterocycles. The third-order valence-corrected chi connectivity index (χ3v) is 7.04. The molecule has 0 bridgehead atoms. The van der Waals surface area contributed by atoms with Crippen LogP contribution in [0.5, 0.6) is 11.5 Å². The Morgan fingerprint density at radius 1 is 1.03 bits per heavy atom. The van der Waals surface area contributed by atoms with Crippen molar-refractivity contribution in [1.82, 2.24) is 0 Å². The maximum absolute atomic E-state index is 10.3. The van der Waals surface area contributed by atoms with Crippen LogP contribution in [-0.4, -0.2) is 34.5 Å². The second kappa shape index (κ2) is 12.1. The minimum atomic E-state index is -0.611. The second-order valence-corrected chi connectivity index (χ2v) is 9.44. The molecule has 0 saturated heterocycles. The summed E-state index contributed by atoms with van der Waals surface area (Å²) < 4.78 is 21.6. The molecule has 3 rings (SSSR count). The maximum Gasteiger partial charge on any atom is 0.311 e. The van der Waals surface area contributed by atoms with Crippen molar-refractivity contribution in [3.05, 3.63) is 63.0 Å². The molecular formula is C29H37N2O4+. The maximum atomic E-state index is 10.3. The van der Waals surface area contributed by atoms with Crippen molar-refractivity contribution in [1.29, 1.82) is 5.26 Å². The van der Waals surface area contributed by atoms with Gasteiger partial charge in [0.05, 0.1) is 45.3 Å². The van der Waals surface area contributed by atoms with Gasteiger partial charge in [-0.25, -0.2) is 0 Å². The Kier molecular flexibility index (Phi) is 9.15. The smallest absolute Gasteiger partial charge is 0.311 e. The molecule has 6 nitrogen and oxygen atoms in total. The summed E-state index contributed by atoms with van der Waals surface area (Å²) in [6.45, 7) is 5.31. The first-order chi connectivity index (χ1) is 16.9. The van der Waals surface area contributed by atoms with E-state index in [9.17, 15) is 5.26 Å². The molecule has 2 aromatic rings. The van der Waals surface area contributed by atoms with Crippen molar-refractivity contribution in [2.75, 3.05) is 28.4 Å². The number of hydrogen-bond acceptors (Lipinski definition) is 5. The average molecular weight is 478 g/mol. The average Bonchev–Trinajstić information content (AvgIpc) is 2.86. The fourth-order valence-corrected chi connectivity index (χ4v) is 4.97. The van der Waals surface area contributed by atoms with Gasteiger partial charge < -0.3 is 18.9 Å². The molecule has 0 spiro atoms. The Balaban J connectivity index is 1.76. The van der Waals surface area contributed by atoms with Gasteiger partial charge in [-0.05, 0) is 59.2 Å². The molecule has 2 aromatic carbocycles. The van der Waals surface area contributed by atoms with Crippen LogP contribution in [0.1, 0.15) is 60.9 Å². The molecule has 0 fully saturated rings. The lowest BCUT2D eigenvalue weighted by atomic mass is 9.69. The number of hydrogen-bond donors (Lipinski definition) is 0. The summed E-state index contributed by atoms with van der Waals surface area (Å²) in [4.78, 5) is 4.72. The molecule has 35 heavy (non-hydrogen) atoms. The minimum absolute atomic E-state index is 0.142. The third kappa shape index (κ3) is 5.78. The predicted octanol–water partition coefficient (Wildman–Crippen LogP) is 5.89. The van der Waals surface area contributed by atoms with Gasteiger partial charge in [-0.1, -0.05) is 30.8 Å². The lowest BCUT2D eigenvalue weighted by Gasteiger charge is -2.32. The second-order valence-electron chi connectivity index (χ2n) is 9.44. The highest BCUT2D eigenvalue weighted by Gasteiger charge is 2.37. The summed E-state index contributed by atoms with van der Waals surface area (Å²) in [5.74, 6) is 1.45. The van der Waals surface area contributed by atoms with E-state index in [0.717, 1.165) is 47.9 Å². The van der Waals surface area contributed by atoms with E-state index < -0.39 is 5.41 Å². The number of methoxy groups -OCH3 is 4. The Morgan fingerprint density at radius 2 is 1.71 bits per heavy atom. The van der Waals surface area contributed by atoms with Crippen LogP contribution in [0, 0.1) is 23.3 Å². The van der Waals surface area contributed by atoms with Crippen LogP contribution in [0.4, 0.5) is 0 Å². The summed E-state index contributed by atoms with van der Waals surface area (Å²) in [5, 5.41) is 10.3. The van der Waals surface area contributed by atoms with E-state index in [1.807, 2.05) is 18.2 Å². The topological polar surface area (TPSA) is 65.1 Å². The number of fused-ring (bicyclic) bond motifs is 1. The molecule has 0 saturated carbocycles. The van der Waals surface area contributed by atoms with Crippen LogP contribution in [0.25, 0.3) is 4.85 Å². The standard InChI is InChI=1S/C29H37N2O4/c1-20(2)29(19-30,25-9-10-27(34-5)28(15-25)35-6)11-7-8-26-14-21-12-23(17-32-3)24(18-33-4)13-22(21)16-31-26/h9-10,12-13,15,20,26H,7-8,11,14,17-18H2,1-6H3/q+1. The van der Waals surface area contributed by atoms with E-state index in [1.54, 1.807) is 28.4 Å². The summed E-state index contributed by atoms with van der Waals surface area (Å²) >= 11 is 0. The van der Waals surface area contributed by atoms with E-state index in [2.05, 4.69) is 38.1 Å². The summed E-state index contributed by atoms with van der Waals surface area (Å²) in [7, 11) is 6.65. The molecule has 1 aliphatic heterocycles. The SMILES string of the molecule is COCc1cc2c(cc1COC)CC(CCCC(C#N)(c1ccc(OC)c(OC)c1)C(C)C)[N+]#C2. The van der Waals surface area contributed by atoms with Gasteiger partial charge in [-0.15, -0.1) is 0 Å². The van der Waals surface area contributed by atoms with Crippen molar-refractivity contribution in [2.24, 2.45) is 5.92 Å². The van der Waals surface area contributed by atoms with Crippen LogP contribution < -0.4 is 9.47 Å². The fourth-order valence-electron chi connectivity index (χ4n) is 4.97. The van der Waals surface area contributed by atoms with Gasteiger partial charge in [0.25, 0.3) is 6.04 Å². The first-order valence-corrected chi connectivity index (χ1v) is 12.1. The Bertz CT molecular complexity index is 1130. The van der Waals surface area contributed by atoms with Gasteiger partial charge >= 0.3 is 6.07 Å². The number of benzene rings is 2. The summed E-state index contributed by atoms with van der Waals surface area (Å²) in [5.41, 5.74) is 4.89. The number of nitriles is 1. The van der Waals surface area contributed by atoms with Crippen LogP contribution in [0.3, 0.4) is 0 Å². The Hall–Kier alpha value is -3.06. The van der Waals surface area contributed by atoms with Gasteiger partial charge in [-0.2, -0.15) is 5.26 Å². The van der Waals surface area contributed by atoms with Gasteiger partial charge in [0.1, 0.15) is 5.56 Å². The van der Waals surface area contributed by atoms with Crippen molar-refractivity contribution < 1.29 is 18.9 Å². The largest absolute Gasteiger partial charge is 0.493 e. The molecule has 0 radical (unpaired) electrons. The monoisotopic (exact) mass is 477 g/mol. The van der Waals surface area contributed by atoms with Crippen LogP contribution in [-0.2, 0) is 34.5 Å². The van der Waals surface area contributed by atoms with Gasteiger partial charge in [0, 0.05) is 20.6 Å². The van der Waals surface area contributed by atoms with Gasteiger partial charge in [-0.3, -0.25) is 0 Å². The highest BCUT2D eigenvalue weighted by atomic mass is 16.5. The van der Waals surface area contributed by atoms with Crippen molar-refractivity contribution in [2.45, 2.75) is 64.2 Å². The van der Waals surface area contributed by atoms with Crippen LogP contribution >= 0.6 is 0 Å². The zero-order valence-corrected chi connectivity index (χ0v) is 21.8. The van der Waals surface area contributed by atoms with Gasteiger partial charge in [0.15, 0.2) is 11.5 Å². The zero-order chi connectivity index (χ0) is 25.4. The molecule has 2 unspecified atom stereocenters. The predicted molar refractivity (Wildman–Crippen MR) is 137 cm³/mol. The van der Waals surface area contributed by atoms with E-state index in [0.29, 0.717) is 24.7 Å². The van der Waals surface area contributed by atoms with Crippen molar-refractivity contribution in [3.63, 3.8) is 0 Å². The summed E-state index contributed by atoms with van der Waals surface area (Å²) in [6, 6.07) is 16.2. The molecule has 186 valence electrons. The molecule has 0 N–H and O–H groups in total. The Morgan fingerprint density at radius 3 is 2.31 bits per heavy atom. The molecule has 2 atom stereocenters. The number of ether oxygens (including phenoxy) is 4. The third-order valence-electron chi connectivity index (χ3n) is 7.04. The number of rotatable bonds is 12. The van der Waals surface area contributed by atoms with Gasteiger partial charge in [0.2, 0.25) is 0 Å². The van der Waals surface area contributed by atoms with Crippen molar-refractivity contribution >= 4 is 0 Å². The van der Waals surface area contributed by atoms with E-state index >= 15 is 0 Å². The highest BCUT2D eigenvalue weighted by molar-refractivity contribution is 5.49. The van der Waals surface area contributed by atoms with E-state index in [-0.39, 0.29) is 12.0 Å². The normalized spacial score (nSPS) is 16.0. The van der Waals surface area contributed by atoms with Crippen LogP contribution in [0.15, 0.2) is 30.3 Å². The highest BCUT2D eigenvalue weighted by Crippen LogP contribution is 2.41. The first-order valence-electron chi connectivity index (χ1n) is 12.1. The van der Waals surface area contributed by atoms with E-state index in [1.165, 1.54) is 5.56 Å². The molecule has 1 aliphatic rings. The molecule has 0 amide bonds. The molecule has 6 heteroatoms. The molecular weight excluding hydrogens is 440 g/mol. The molecule has 0 aliphatic carbocycles. The van der Waals surface area contributed by atoms with E-state index in [4.69, 9.17) is 23.8 Å².